The van der Waals surface area contributed by atoms with Crippen molar-refractivity contribution in [3.05, 3.63) is 51.6 Å². The van der Waals surface area contributed by atoms with Gasteiger partial charge < -0.3 is 10.1 Å². The highest BCUT2D eigenvalue weighted by molar-refractivity contribution is 6.35. The number of hydrogen-bond acceptors (Lipinski definition) is 5. The molecule has 0 radical (unpaired) electrons. The molecule has 0 saturated carbocycles. The van der Waals surface area contributed by atoms with E-state index >= 15 is 0 Å². The lowest BCUT2D eigenvalue weighted by atomic mass is 10.1. The van der Waals surface area contributed by atoms with Crippen LogP contribution in [0.15, 0.2) is 30.3 Å². The third-order valence-corrected chi connectivity index (χ3v) is 3.41. The monoisotopic (exact) mass is 325 g/mol. The number of nitrogens with one attached hydrogen (secondary N) is 1. The number of carbonyl (C=O) groups is 1. The minimum Gasteiger partial charge on any atom is -0.464 e. The van der Waals surface area contributed by atoms with E-state index in [2.05, 4.69) is 20.3 Å². The Balaban J connectivity index is 2.12. The Morgan fingerprint density at radius 2 is 2.00 bits per heavy atom. The van der Waals surface area contributed by atoms with Crippen LogP contribution in [0.5, 0.6) is 0 Å². The average Bonchev–Trinajstić information content (AvgIpc) is 2.47. The molecule has 0 spiro atoms. The Morgan fingerprint density at radius 1 is 1.24 bits per heavy atom. The number of carbonyl (C=O) groups excluding carboxylic acids is 1. The summed E-state index contributed by atoms with van der Waals surface area (Å²) in [6, 6.07) is 8.40. The lowest BCUT2D eigenvalue weighted by Crippen LogP contribution is -2.11. The third kappa shape index (κ3) is 3.83. The molecule has 5 nitrogen and oxygen atoms in total. The van der Waals surface area contributed by atoms with Gasteiger partial charge in [0.15, 0.2) is 5.69 Å². The standard InChI is InChI=1S/C14H13Cl2N3O2/c1-8(10-4-3-9(15)7-11(10)16)17-13-6-5-12(18-19-13)14(20)21-2/h3-8H,1-2H3,(H,17,19). The molecule has 1 N–H and O–H groups in total. The van der Waals surface area contributed by atoms with Crippen LogP contribution in [-0.2, 0) is 4.74 Å². The molecule has 0 amide bonds. The first-order valence-electron chi connectivity index (χ1n) is 6.15. The van der Waals surface area contributed by atoms with Gasteiger partial charge in [0.2, 0.25) is 0 Å². The number of benzene rings is 1. The van der Waals surface area contributed by atoms with Gasteiger partial charge in [-0.05, 0) is 36.8 Å². The van der Waals surface area contributed by atoms with Gasteiger partial charge in [-0.25, -0.2) is 4.79 Å². The molecule has 1 aromatic heterocycles. The van der Waals surface area contributed by atoms with Crippen LogP contribution < -0.4 is 5.32 Å². The quantitative estimate of drug-likeness (QED) is 0.867. The molecule has 1 heterocycles. The van der Waals surface area contributed by atoms with Gasteiger partial charge in [0, 0.05) is 10.0 Å². The number of methoxy groups -OCH3 is 1. The van der Waals surface area contributed by atoms with Gasteiger partial charge in [-0.15, -0.1) is 10.2 Å². The van der Waals surface area contributed by atoms with E-state index < -0.39 is 5.97 Å². The predicted octanol–water partition coefficient (Wildman–Crippen LogP) is 3.74. The van der Waals surface area contributed by atoms with E-state index in [1.54, 1.807) is 18.2 Å². The van der Waals surface area contributed by atoms with Crippen LogP contribution in [0.3, 0.4) is 0 Å². The second-order valence-corrected chi connectivity index (χ2v) is 5.17. The molecule has 1 unspecified atom stereocenters. The molecule has 110 valence electrons. The van der Waals surface area contributed by atoms with Gasteiger partial charge >= 0.3 is 5.97 Å². The van der Waals surface area contributed by atoms with Crippen molar-refractivity contribution in [2.75, 3.05) is 12.4 Å². The van der Waals surface area contributed by atoms with Crippen molar-refractivity contribution in [1.29, 1.82) is 0 Å². The Kier molecular flexibility index (Phi) is 4.98. The summed E-state index contributed by atoms with van der Waals surface area (Å²) < 4.78 is 4.56. The second-order valence-electron chi connectivity index (χ2n) is 4.33. The maximum absolute atomic E-state index is 11.3. The lowest BCUT2D eigenvalue weighted by molar-refractivity contribution is 0.0593. The van der Waals surface area contributed by atoms with Crippen LogP contribution in [0.4, 0.5) is 5.82 Å². The number of rotatable bonds is 4. The Bertz CT molecular complexity index is 647. The fraction of sp³-hybridized carbons (Fsp3) is 0.214. The predicted molar refractivity (Wildman–Crippen MR) is 81.9 cm³/mol. The van der Waals surface area contributed by atoms with E-state index in [4.69, 9.17) is 23.2 Å². The topological polar surface area (TPSA) is 64.1 Å². The maximum atomic E-state index is 11.3. The van der Waals surface area contributed by atoms with Gasteiger partial charge in [0.05, 0.1) is 13.2 Å². The van der Waals surface area contributed by atoms with Gasteiger partial charge in [-0.1, -0.05) is 29.3 Å². The number of halogens is 2. The first-order valence-corrected chi connectivity index (χ1v) is 6.90. The van der Waals surface area contributed by atoms with Gasteiger partial charge in [0.25, 0.3) is 0 Å². The summed E-state index contributed by atoms with van der Waals surface area (Å²) in [4.78, 5) is 11.3. The molecule has 2 rings (SSSR count). The first kappa shape index (κ1) is 15.5. The van der Waals surface area contributed by atoms with E-state index in [1.165, 1.54) is 13.2 Å². The number of aromatic nitrogens is 2. The zero-order valence-corrected chi connectivity index (χ0v) is 12.9. The normalized spacial score (nSPS) is 11.8. The summed E-state index contributed by atoms with van der Waals surface area (Å²) in [5.41, 5.74) is 1.04. The van der Waals surface area contributed by atoms with Gasteiger partial charge in [-0.2, -0.15) is 0 Å². The summed E-state index contributed by atoms with van der Waals surface area (Å²) in [6.07, 6.45) is 0. The Morgan fingerprint density at radius 3 is 2.57 bits per heavy atom. The van der Waals surface area contributed by atoms with Crippen LogP contribution in [0.25, 0.3) is 0 Å². The van der Waals surface area contributed by atoms with Gasteiger partial charge in [0.1, 0.15) is 5.82 Å². The molecule has 0 aliphatic carbocycles. The van der Waals surface area contributed by atoms with Crippen molar-refractivity contribution in [2.24, 2.45) is 0 Å². The summed E-state index contributed by atoms with van der Waals surface area (Å²) in [5, 5.41) is 12.0. The van der Waals surface area contributed by atoms with Crippen molar-refractivity contribution in [1.82, 2.24) is 10.2 Å². The molecular weight excluding hydrogens is 313 g/mol. The number of hydrogen-bond donors (Lipinski definition) is 1. The lowest BCUT2D eigenvalue weighted by Gasteiger charge is -2.16. The third-order valence-electron chi connectivity index (χ3n) is 2.85. The summed E-state index contributed by atoms with van der Waals surface area (Å²) >= 11 is 12.0. The first-order chi connectivity index (χ1) is 10.0. The van der Waals surface area contributed by atoms with Gasteiger partial charge in [-0.3, -0.25) is 0 Å². The summed E-state index contributed by atoms with van der Waals surface area (Å²) in [6.45, 7) is 1.94. The number of nitrogens with zero attached hydrogens (tertiary/aromatic N) is 2. The number of esters is 1. The molecule has 1 atom stereocenters. The molecule has 7 heteroatoms. The highest BCUT2D eigenvalue weighted by atomic mass is 35.5. The van der Waals surface area contributed by atoms with E-state index in [0.717, 1.165) is 5.56 Å². The molecule has 0 aliphatic heterocycles. The molecule has 0 aliphatic rings. The van der Waals surface area contributed by atoms with Crippen LogP contribution in [0.2, 0.25) is 10.0 Å². The van der Waals surface area contributed by atoms with Crippen molar-refractivity contribution in [3.8, 4) is 0 Å². The SMILES string of the molecule is COC(=O)c1ccc(NC(C)c2ccc(Cl)cc2Cl)nn1. The van der Waals surface area contributed by atoms with Crippen molar-refractivity contribution in [2.45, 2.75) is 13.0 Å². The number of anilines is 1. The van der Waals surface area contributed by atoms with Crippen LogP contribution in [0, 0.1) is 0 Å². The number of ether oxygens (including phenoxy) is 1. The minimum absolute atomic E-state index is 0.0898. The summed E-state index contributed by atoms with van der Waals surface area (Å²) in [5.74, 6) is 0.00372. The highest BCUT2D eigenvalue weighted by Gasteiger charge is 2.12. The van der Waals surface area contributed by atoms with E-state index in [1.807, 2.05) is 13.0 Å². The van der Waals surface area contributed by atoms with Crippen molar-refractivity contribution >= 4 is 35.0 Å². The molecule has 21 heavy (non-hydrogen) atoms. The fourth-order valence-corrected chi connectivity index (χ4v) is 2.35. The fourth-order valence-electron chi connectivity index (χ4n) is 1.77. The molecule has 0 bridgehead atoms. The summed E-state index contributed by atoms with van der Waals surface area (Å²) in [7, 11) is 1.29. The van der Waals surface area contributed by atoms with E-state index in [-0.39, 0.29) is 11.7 Å². The Labute approximate surface area is 132 Å². The zero-order valence-electron chi connectivity index (χ0n) is 11.4. The minimum atomic E-state index is -0.525. The van der Waals surface area contributed by atoms with Crippen LogP contribution in [0.1, 0.15) is 29.0 Å². The smallest absolute Gasteiger partial charge is 0.358 e. The van der Waals surface area contributed by atoms with Crippen LogP contribution in [-0.4, -0.2) is 23.3 Å². The highest BCUT2D eigenvalue weighted by Crippen LogP contribution is 2.27. The average molecular weight is 326 g/mol. The molecular formula is C14H13Cl2N3O2. The van der Waals surface area contributed by atoms with Crippen LogP contribution >= 0.6 is 23.2 Å². The zero-order chi connectivity index (χ0) is 15.4. The van der Waals surface area contributed by atoms with E-state index in [0.29, 0.717) is 15.9 Å². The van der Waals surface area contributed by atoms with Crippen molar-refractivity contribution < 1.29 is 9.53 Å². The van der Waals surface area contributed by atoms with Crippen molar-refractivity contribution in [3.63, 3.8) is 0 Å². The molecule has 0 saturated heterocycles. The Hall–Kier alpha value is -1.85. The molecule has 2 aromatic rings. The molecule has 1 aromatic carbocycles. The molecule has 0 fully saturated rings. The van der Waals surface area contributed by atoms with E-state index in [9.17, 15) is 4.79 Å². The second kappa shape index (κ2) is 6.74. The largest absolute Gasteiger partial charge is 0.464 e. The maximum Gasteiger partial charge on any atom is 0.358 e.